The molecular formula is C15H22N2O. The summed E-state index contributed by atoms with van der Waals surface area (Å²) in [6.07, 6.45) is 2.28. The number of carbonyl (C=O) groups excluding carboxylic acids is 1. The topological polar surface area (TPSA) is 41.1 Å². The molecule has 1 aromatic rings. The fourth-order valence-electron chi connectivity index (χ4n) is 2.31. The van der Waals surface area contributed by atoms with Crippen molar-refractivity contribution >= 4 is 11.6 Å². The van der Waals surface area contributed by atoms with Crippen LogP contribution in [0.25, 0.3) is 0 Å². The third kappa shape index (κ3) is 2.84. The van der Waals surface area contributed by atoms with Gasteiger partial charge in [-0.15, -0.1) is 0 Å². The number of nitrogens with one attached hydrogen (secondary N) is 2. The van der Waals surface area contributed by atoms with Crippen LogP contribution in [0.4, 0.5) is 5.69 Å². The van der Waals surface area contributed by atoms with Gasteiger partial charge < -0.3 is 10.6 Å². The normalized spacial score (nSPS) is 21.5. The average Bonchev–Trinajstić information content (AvgIpc) is 3.08. The maximum Gasteiger partial charge on any atom is 0.253 e. The monoisotopic (exact) mass is 246 g/mol. The Morgan fingerprint density at radius 1 is 1.39 bits per heavy atom. The van der Waals surface area contributed by atoms with E-state index < -0.39 is 0 Å². The Morgan fingerprint density at radius 3 is 2.78 bits per heavy atom. The fourth-order valence-corrected chi connectivity index (χ4v) is 2.31. The Balaban J connectivity index is 2.09. The van der Waals surface area contributed by atoms with Crippen molar-refractivity contribution < 1.29 is 4.79 Å². The molecule has 3 nitrogen and oxygen atoms in total. The molecule has 0 saturated heterocycles. The van der Waals surface area contributed by atoms with E-state index in [-0.39, 0.29) is 5.91 Å². The minimum Gasteiger partial charge on any atom is -0.385 e. The van der Waals surface area contributed by atoms with Crippen LogP contribution in [0.2, 0.25) is 0 Å². The summed E-state index contributed by atoms with van der Waals surface area (Å²) in [6.45, 7) is 7.08. The lowest BCUT2D eigenvalue weighted by Crippen LogP contribution is -2.27. The second-order valence-electron chi connectivity index (χ2n) is 5.06. The van der Waals surface area contributed by atoms with Crippen LogP contribution in [0.1, 0.15) is 42.6 Å². The zero-order chi connectivity index (χ0) is 13.1. The van der Waals surface area contributed by atoms with Gasteiger partial charge in [-0.3, -0.25) is 4.79 Å². The van der Waals surface area contributed by atoms with E-state index in [1.807, 2.05) is 32.0 Å². The standard InChI is InChI=1S/C15H22N2O/c1-4-11-9-13(11)17-15(18)12-7-6-10(3)8-14(12)16-5-2/h6-8,11,13,16H,4-5,9H2,1-3H3,(H,17,18). The van der Waals surface area contributed by atoms with Gasteiger partial charge in [-0.1, -0.05) is 19.4 Å². The van der Waals surface area contributed by atoms with Gasteiger partial charge in [0.05, 0.1) is 5.56 Å². The van der Waals surface area contributed by atoms with Gasteiger partial charge in [0.15, 0.2) is 0 Å². The number of carbonyl (C=O) groups is 1. The van der Waals surface area contributed by atoms with Gasteiger partial charge >= 0.3 is 0 Å². The predicted molar refractivity (Wildman–Crippen MR) is 75.0 cm³/mol. The van der Waals surface area contributed by atoms with E-state index in [0.717, 1.165) is 30.6 Å². The van der Waals surface area contributed by atoms with Gasteiger partial charge in [-0.2, -0.15) is 0 Å². The summed E-state index contributed by atoms with van der Waals surface area (Å²) in [5.74, 6) is 0.730. The highest BCUT2D eigenvalue weighted by Crippen LogP contribution is 2.33. The van der Waals surface area contributed by atoms with Crippen molar-refractivity contribution in [2.24, 2.45) is 5.92 Å². The van der Waals surface area contributed by atoms with E-state index in [2.05, 4.69) is 17.6 Å². The Morgan fingerprint density at radius 2 is 2.17 bits per heavy atom. The second kappa shape index (κ2) is 5.42. The van der Waals surface area contributed by atoms with E-state index in [4.69, 9.17) is 0 Å². The number of aryl methyl sites for hydroxylation is 1. The second-order valence-corrected chi connectivity index (χ2v) is 5.06. The van der Waals surface area contributed by atoms with Gasteiger partial charge in [-0.25, -0.2) is 0 Å². The smallest absolute Gasteiger partial charge is 0.253 e. The molecule has 2 rings (SSSR count). The number of hydrogen-bond donors (Lipinski definition) is 2. The molecule has 0 aliphatic heterocycles. The summed E-state index contributed by atoms with van der Waals surface area (Å²) in [4.78, 5) is 12.2. The molecule has 3 heteroatoms. The number of anilines is 1. The molecule has 1 aliphatic carbocycles. The molecule has 1 amide bonds. The molecule has 2 atom stereocenters. The van der Waals surface area contributed by atoms with Crippen LogP contribution >= 0.6 is 0 Å². The summed E-state index contributed by atoms with van der Waals surface area (Å²) < 4.78 is 0. The zero-order valence-electron chi connectivity index (χ0n) is 11.4. The Labute approximate surface area is 109 Å². The lowest BCUT2D eigenvalue weighted by atomic mass is 10.1. The maximum atomic E-state index is 12.2. The van der Waals surface area contributed by atoms with E-state index in [1.54, 1.807) is 0 Å². The van der Waals surface area contributed by atoms with E-state index in [9.17, 15) is 4.79 Å². The summed E-state index contributed by atoms with van der Waals surface area (Å²) in [6, 6.07) is 6.31. The van der Waals surface area contributed by atoms with Crippen molar-refractivity contribution in [1.29, 1.82) is 0 Å². The molecule has 0 aromatic heterocycles. The minimum absolute atomic E-state index is 0.0481. The van der Waals surface area contributed by atoms with Crippen molar-refractivity contribution in [3.8, 4) is 0 Å². The number of amides is 1. The molecule has 2 N–H and O–H groups in total. The van der Waals surface area contributed by atoms with Crippen LogP contribution in [-0.2, 0) is 0 Å². The third-order valence-corrected chi connectivity index (χ3v) is 3.55. The largest absolute Gasteiger partial charge is 0.385 e. The molecule has 0 bridgehead atoms. The Kier molecular flexibility index (Phi) is 3.90. The van der Waals surface area contributed by atoms with Crippen LogP contribution < -0.4 is 10.6 Å². The fraction of sp³-hybridized carbons (Fsp3) is 0.533. The molecule has 0 heterocycles. The highest BCUT2D eigenvalue weighted by Gasteiger charge is 2.36. The highest BCUT2D eigenvalue weighted by atomic mass is 16.1. The van der Waals surface area contributed by atoms with Gasteiger partial charge in [-0.05, 0) is 43.9 Å². The first-order valence-electron chi connectivity index (χ1n) is 6.81. The Bertz CT molecular complexity index is 442. The molecular weight excluding hydrogens is 224 g/mol. The van der Waals surface area contributed by atoms with Crippen LogP contribution in [0.3, 0.4) is 0 Å². The number of benzene rings is 1. The molecule has 1 aliphatic rings. The molecule has 1 saturated carbocycles. The van der Waals surface area contributed by atoms with E-state index in [1.165, 1.54) is 5.56 Å². The van der Waals surface area contributed by atoms with Crippen LogP contribution in [0.5, 0.6) is 0 Å². The quantitative estimate of drug-likeness (QED) is 0.838. The lowest BCUT2D eigenvalue weighted by molar-refractivity contribution is 0.0950. The van der Waals surface area contributed by atoms with Gasteiger partial charge in [0.1, 0.15) is 0 Å². The Hall–Kier alpha value is -1.51. The first kappa shape index (κ1) is 12.9. The third-order valence-electron chi connectivity index (χ3n) is 3.55. The average molecular weight is 246 g/mol. The van der Waals surface area contributed by atoms with Gasteiger partial charge in [0.2, 0.25) is 0 Å². The molecule has 1 aromatic carbocycles. The van der Waals surface area contributed by atoms with Gasteiger partial charge in [0.25, 0.3) is 5.91 Å². The predicted octanol–water partition coefficient (Wildman–Crippen LogP) is 2.96. The van der Waals surface area contributed by atoms with Crippen LogP contribution in [-0.4, -0.2) is 18.5 Å². The van der Waals surface area contributed by atoms with Crippen molar-refractivity contribution in [2.45, 2.75) is 39.7 Å². The van der Waals surface area contributed by atoms with Crippen LogP contribution in [0, 0.1) is 12.8 Å². The minimum atomic E-state index is 0.0481. The highest BCUT2D eigenvalue weighted by molar-refractivity contribution is 6.00. The SMILES string of the molecule is CCNc1cc(C)ccc1C(=O)NC1CC1CC. The van der Waals surface area contributed by atoms with E-state index in [0.29, 0.717) is 12.0 Å². The summed E-state index contributed by atoms with van der Waals surface area (Å²) in [5.41, 5.74) is 2.85. The van der Waals surface area contributed by atoms with Crippen molar-refractivity contribution in [2.75, 3.05) is 11.9 Å². The lowest BCUT2D eigenvalue weighted by Gasteiger charge is -2.12. The number of hydrogen-bond acceptors (Lipinski definition) is 2. The molecule has 18 heavy (non-hydrogen) atoms. The summed E-state index contributed by atoms with van der Waals surface area (Å²) in [5, 5.41) is 6.37. The first-order valence-corrected chi connectivity index (χ1v) is 6.81. The van der Waals surface area contributed by atoms with Crippen LogP contribution in [0.15, 0.2) is 18.2 Å². The first-order chi connectivity index (χ1) is 8.65. The zero-order valence-corrected chi connectivity index (χ0v) is 11.4. The molecule has 98 valence electrons. The maximum absolute atomic E-state index is 12.2. The van der Waals surface area contributed by atoms with Crippen molar-refractivity contribution in [3.05, 3.63) is 29.3 Å². The van der Waals surface area contributed by atoms with E-state index >= 15 is 0 Å². The van der Waals surface area contributed by atoms with Crippen molar-refractivity contribution in [1.82, 2.24) is 5.32 Å². The molecule has 0 spiro atoms. The molecule has 0 radical (unpaired) electrons. The number of rotatable bonds is 5. The molecule has 2 unspecified atom stereocenters. The van der Waals surface area contributed by atoms with Gasteiger partial charge in [0, 0.05) is 18.3 Å². The van der Waals surface area contributed by atoms with Crippen molar-refractivity contribution in [3.63, 3.8) is 0 Å². The summed E-state index contributed by atoms with van der Waals surface area (Å²) >= 11 is 0. The molecule has 1 fully saturated rings. The summed E-state index contributed by atoms with van der Waals surface area (Å²) in [7, 11) is 0.